The third kappa shape index (κ3) is 17.3. The number of hydrogen-bond donors (Lipinski definition) is 0. The molecule has 0 N–H and O–H groups in total. The molecule has 0 unspecified atom stereocenters. The van der Waals surface area contributed by atoms with Gasteiger partial charge in [-0.05, 0) is 144 Å². The van der Waals surface area contributed by atoms with Gasteiger partial charge in [-0.3, -0.25) is 0 Å². The largest absolute Gasteiger partial charge is 0.494 e. The Morgan fingerprint density at radius 1 is 0.338 bits per heavy atom. The molecule has 68 heavy (non-hydrogen) atoms. The Balaban J connectivity index is 0.745. The van der Waals surface area contributed by atoms with E-state index >= 15 is 0 Å². The van der Waals surface area contributed by atoms with E-state index in [0.717, 1.165) is 83.8 Å². The average molecular weight is 919 g/mol. The van der Waals surface area contributed by atoms with E-state index < -0.39 is 11.9 Å². The Morgan fingerprint density at radius 2 is 0.588 bits per heavy atom. The highest BCUT2D eigenvalue weighted by Crippen LogP contribution is 2.27. The molecule has 0 heterocycles. The smallest absolute Gasteiger partial charge is 0.343 e. The highest BCUT2D eigenvalue weighted by Gasteiger charge is 2.12. The van der Waals surface area contributed by atoms with Crippen molar-refractivity contribution in [1.82, 2.24) is 0 Å². The highest BCUT2D eigenvalue weighted by atomic mass is 16.5. The van der Waals surface area contributed by atoms with E-state index in [9.17, 15) is 9.59 Å². The second-order valence-electron chi connectivity index (χ2n) is 17.8. The summed E-state index contributed by atoms with van der Waals surface area (Å²) < 4.78 is 34.9. The van der Waals surface area contributed by atoms with Gasteiger partial charge in [-0.15, -0.1) is 0 Å². The van der Waals surface area contributed by atoms with Crippen LogP contribution in [-0.2, 0) is 0 Å². The number of carbonyl (C=O) groups excluding carboxylic acids is 2. The van der Waals surface area contributed by atoms with Crippen LogP contribution in [-0.4, -0.2) is 38.4 Å². The first-order chi connectivity index (χ1) is 33.3. The van der Waals surface area contributed by atoms with Crippen LogP contribution in [0.3, 0.4) is 0 Å². The van der Waals surface area contributed by atoms with E-state index in [1.165, 1.54) is 38.5 Å². The summed E-state index contributed by atoms with van der Waals surface area (Å²) in [7, 11) is 0. The number of ether oxygens (including phenoxy) is 6. The zero-order valence-corrected chi connectivity index (χ0v) is 40.6. The van der Waals surface area contributed by atoms with E-state index in [0.29, 0.717) is 60.9 Å². The average Bonchev–Trinajstić information content (AvgIpc) is 3.38. The molecule has 8 heteroatoms. The van der Waals surface area contributed by atoms with Crippen molar-refractivity contribution in [1.29, 1.82) is 0 Å². The van der Waals surface area contributed by atoms with Gasteiger partial charge in [0.2, 0.25) is 0 Å². The van der Waals surface area contributed by atoms with Crippen molar-refractivity contribution in [2.45, 2.75) is 105 Å². The molecular formula is C60H70O8. The minimum atomic E-state index is -0.396. The van der Waals surface area contributed by atoms with Crippen molar-refractivity contribution in [3.63, 3.8) is 0 Å². The van der Waals surface area contributed by atoms with Gasteiger partial charge in [-0.2, -0.15) is 0 Å². The van der Waals surface area contributed by atoms with E-state index in [-0.39, 0.29) is 0 Å². The molecule has 6 rings (SSSR count). The topological polar surface area (TPSA) is 89.5 Å². The van der Waals surface area contributed by atoms with Gasteiger partial charge in [0.05, 0.1) is 37.6 Å². The summed E-state index contributed by atoms with van der Waals surface area (Å²) in [5.74, 6) is 4.49. The maximum absolute atomic E-state index is 12.8. The summed E-state index contributed by atoms with van der Waals surface area (Å²) >= 11 is 0. The second kappa shape index (κ2) is 27.9. The first-order valence-corrected chi connectivity index (χ1v) is 24.8. The van der Waals surface area contributed by atoms with Crippen LogP contribution in [0.2, 0.25) is 0 Å². The molecule has 0 radical (unpaired) electrons. The van der Waals surface area contributed by atoms with Gasteiger partial charge in [-0.25, -0.2) is 9.59 Å². The Bertz CT molecular complexity index is 2180. The summed E-state index contributed by atoms with van der Waals surface area (Å²) in [5, 5.41) is 0. The lowest BCUT2D eigenvalue weighted by atomic mass is 10.0. The van der Waals surface area contributed by atoms with Gasteiger partial charge in [0, 0.05) is 0 Å². The lowest BCUT2D eigenvalue weighted by Crippen LogP contribution is -2.08. The van der Waals surface area contributed by atoms with Crippen LogP contribution in [0.1, 0.15) is 125 Å². The molecule has 0 aliphatic carbocycles. The van der Waals surface area contributed by atoms with Crippen molar-refractivity contribution < 1.29 is 38.0 Å². The Hall–Kier alpha value is -6.54. The summed E-state index contributed by atoms with van der Waals surface area (Å²) in [6.45, 7) is 11.4. The standard InChI is InChI=1S/C60H70O8/c1-5-45(3)43-65-55-29-25-49(26-30-55)47-17-21-51(22-18-47)59(61)67-57-37-33-53(34-38-57)63-41-15-13-11-9-7-8-10-12-14-16-42-64-54-35-39-58(40-36-54)68-60(62)52-23-19-48(20-24-52)50-27-31-56(32-28-50)66-44-46(4)6-2/h17-40,45-46H,5-16,41-44H2,1-4H3/t45-,46-/m0/s1. The summed E-state index contributed by atoms with van der Waals surface area (Å²) in [6, 6.07) is 45.5. The fourth-order valence-corrected chi connectivity index (χ4v) is 7.34. The second-order valence-corrected chi connectivity index (χ2v) is 17.8. The predicted octanol–water partition coefficient (Wildman–Crippen LogP) is 15.7. The van der Waals surface area contributed by atoms with Crippen LogP contribution in [0.15, 0.2) is 146 Å². The van der Waals surface area contributed by atoms with E-state index in [1.807, 2.05) is 97.1 Å². The first kappa shape index (κ1) is 50.9. The molecule has 358 valence electrons. The Kier molecular flexibility index (Phi) is 20.9. The lowest BCUT2D eigenvalue weighted by molar-refractivity contribution is 0.0725. The van der Waals surface area contributed by atoms with Crippen molar-refractivity contribution in [3.8, 4) is 56.8 Å². The molecule has 6 aromatic rings. The van der Waals surface area contributed by atoms with Crippen LogP contribution in [0.4, 0.5) is 0 Å². The van der Waals surface area contributed by atoms with E-state index in [2.05, 4.69) is 27.7 Å². The molecular weight excluding hydrogens is 849 g/mol. The number of esters is 2. The van der Waals surface area contributed by atoms with Crippen molar-refractivity contribution in [2.75, 3.05) is 26.4 Å². The maximum Gasteiger partial charge on any atom is 0.343 e. The number of carbonyl (C=O) groups is 2. The van der Waals surface area contributed by atoms with Crippen molar-refractivity contribution >= 4 is 11.9 Å². The van der Waals surface area contributed by atoms with E-state index in [1.54, 1.807) is 48.5 Å². The molecule has 0 fully saturated rings. The SMILES string of the molecule is CC[C@H](C)COc1ccc(-c2ccc(C(=O)Oc3ccc(OCCCCCCCCCCCCOc4ccc(OC(=O)c5ccc(-c6ccc(OC[C@@H](C)CC)cc6)cc5)cc4)cc3)cc2)cc1. The number of benzene rings is 6. The quantitative estimate of drug-likeness (QED) is 0.0261. The minimum Gasteiger partial charge on any atom is -0.494 e. The predicted molar refractivity (Wildman–Crippen MR) is 274 cm³/mol. The maximum atomic E-state index is 12.8. The van der Waals surface area contributed by atoms with Crippen LogP contribution in [0.25, 0.3) is 22.3 Å². The number of unbranched alkanes of at least 4 members (excludes halogenated alkanes) is 9. The molecule has 0 aliphatic rings. The van der Waals surface area contributed by atoms with Gasteiger partial charge in [0.15, 0.2) is 0 Å². The van der Waals surface area contributed by atoms with Gasteiger partial charge in [-0.1, -0.05) is 140 Å². The summed E-state index contributed by atoms with van der Waals surface area (Å²) in [6.07, 6.45) is 13.9. The molecule has 6 aromatic carbocycles. The summed E-state index contributed by atoms with van der Waals surface area (Å²) in [4.78, 5) is 25.6. The number of rotatable bonds is 29. The fraction of sp³-hybridized carbons (Fsp3) is 0.367. The third-order valence-electron chi connectivity index (χ3n) is 12.2. The van der Waals surface area contributed by atoms with Gasteiger partial charge >= 0.3 is 11.9 Å². The summed E-state index contributed by atoms with van der Waals surface area (Å²) in [5.41, 5.74) is 5.15. The van der Waals surface area contributed by atoms with Crippen molar-refractivity contribution in [2.24, 2.45) is 11.8 Å². The van der Waals surface area contributed by atoms with Gasteiger partial charge in [0.25, 0.3) is 0 Å². The lowest BCUT2D eigenvalue weighted by Gasteiger charge is -2.11. The molecule has 0 saturated carbocycles. The molecule has 0 spiro atoms. The van der Waals surface area contributed by atoms with Crippen molar-refractivity contribution in [3.05, 3.63) is 157 Å². The fourth-order valence-electron chi connectivity index (χ4n) is 7.34. The van der Waals surface area contributed by atoms with E-state index in [4.69, 9.17) is 28.4 Å². The molecule has 0 aromatic heterocycles. The molecule has 0 saturated heterocycles. The molecule has 8 nitrogen and oxygen atoms in total. The monoisotopic (exact) mass is 919 g/mol. The number of hydrogen-bond acceptors (Lipinski definition) is 8. The van der Waals surface area contributed by atoms with Crippen LogP contribution < -0.4 is 28.4 Å². The van der Waals surface area contributed by atoms with Gasteiger partial charge < -0.3 is 28.4 Å². The Labute approximate surface area is 404 Å². The van der Waals surface area contributed by atoms with Gasteiger partial charge in [0.1, 0.15) is 34.5 Å². The zero-order chi connectivity index (χ0) is 47.8. The first-order valence-electron chi connectivity index (χ1n) is 24.8. The van der Waals surface area contributed by atoms with Crippen LogP contribution >= 0.6 is 0 Å². The third-order valence-corrected chi connectivity index (χ3v) is 12.2. The molecule has 0 bridgehead atoms. The zero-order valence-electron chi connectivity index (χ0n) is 40.6. The highest BCUT2D eigenvalue weighted by molar-refractivity contribution is 5.92. The Morgan fingerprint density at radius 3 is 0.897 bits per heavy atom. The normalized spacial score (nSPS) is 11.9. The van der Waals surface area contributed by atoms with Crippen LogP contribution in [0, 0.1) is 11.8 Å². The molecule has 2 atom stereocenters. The van der Waals surface area contributed by atoms with Crippen LogP contribution in [0.5, 0.6) is 34.5 Å². The minimum absolute atomic E-state index is 0.396. The molecule has 0 aliphatic heterocycles. The molecule has 0 amide bonds.